The smallest absolute Gasteiger partial charge is 0.257 e. The third kappa shape index (κ3) is 6.19. The van der Waals surface area contributed by atoms with Crippen LogP contribution in [0.15, 0.2) is 103 Å². The van der Waals surface area contributed by atoms with Gasteiger partial charge in [0.25, 0.3) is 11.8 Å². The lowest BCUT2D eigenvalue weighted by Crippen LogP contribution is -2.05. The van der Waals surface area contributed by atoms with Crippen LogP contribution in [0.2, 0.25) is 0 Å². The number of para-hydroxylation sites is 1. The largest absolute Gasteiger partial charge is 0.392 e. The third-order valence-electron chi connectivity index (χ3n) is 6.73. The van der Waals surface area contributed by atoms with Crippen molar-refractivity contribution < 1.29 is 19.8 Å². The van der Waals surface area contributed by atoms with Crippen LogP contribution < -0.4 is 21.3 Å². The van der Waals surface area contributed by atoms with Gasteiger partial charge in [0, 0.05) is 46.3 Å². The Bertz CT molecular complexity index is 1680. The zero-order chi connectivity index (χ0) is 28.8. The summed E-state index contributed by atoms with van der Waals surface area (Å²) in [5, 5.41) is 30.2. The number of hydrogen-bond donors (Lipinski definition) is 6. The van der Waals surface area contributed by atoms with Crippen molar-refractivity contribution in [3.05, 3.63) is 131 Å². The molecule has 0 unspecified atom stereocenters. The first-order valence-corrected chi connectivity index (χ1v) is 13.1. The van der Waals surface area contributed by atoms with Gasteiger partial charge in [0.1, 0.15) is 0 Å². The molecular formula is C33H30N4O4. The summed E-state index contributed by atoms with van der Waals surface area (Å²) in [5.41, 5.74) is 9.11. The Balaban J connectivity index is 0.000000165. The minimum Gasteiger partial charge on any atom is -0.392 e. The fourth-order valence-corrected chi connectivity index (χ4v) is 4.68. The van der Waals surface area contributed by atoms with Gasteiger partial charge in [0.15, 0.2) is 0 Å². The Morgan fingerprint density at radius 3 is 1.85 bits per heavy atom. The average Bonchev–Trinajstić information content (AvgIpc) is 3.50. The van der Waals surface area contributed by atoms with Gasteiger partial charge in [-0.2, -0.15) is 0 Å². The summed E-state index contributed by atoms with van der Waals surface area (Å²) in [6.07, 6.45) is 3.41. The molecule has 0 aromatic heterocycles. The molecule has 0 aliphatic carbocycles. The van der Waals surface area contributed by atoms with Crippen LogP contribution in [0.1, 0.15) is 27.8 Å². The number of aliphatic hydroxyl groups is 2. The molecule has 0 saturated heterocycles. The topological polar surface area (TPSA) is 123 Å². The van der Waals surface area contributed by atoms with Gasteiger partial charge in [-0.05, 0) is 60.0 Å². The SMILES string of the molecule is Cc1cccc2c1C(=CNc1cccc(CO)c1)C(=O)N2.O=C1Nc2ccccc2C1=CNc1cccc(CO)c1. The Kier molecular flexibility index (Phi) is 8.24. The minimum atomic E-state index is -0.114. The summed E-state index contributed by atoms with van der Waals surface area (Å²) in [5.74, 6) is -0.220. The average molecular weight is 547 g/mol. The monoisotopic (exact) mass is 546 g/mol. The second-order valence-electron chi connectivity index (χ2n) is 9.57. The first kappa shape index (κ1) is 27.4. The Labute approximate surface area is 238 Å². The molecule has 8 nitrogen and oxygen atoms in total. The lowest BCUT2D eigenvalue weighted by atomic mass is 10.0. The zero-order valence-corrected chi connectivity index (χ0v) is 22.4. The van der Waals surface area contributed by atoms with Crippen LogP contribution >= 0.6 is 0 Å². The normalized spacial score (nSPS) is 15.0. The van der Waals surface area contributed by atoms with Gasteiger partial charge in [-0.3, -0.25) is 9.59 Å². The Hall–Kier alpha value is -5.18. The van der Waals surface area contributed by atoms with E-state index >= 15 is 0 Å². The fraction of sp³-hybridized carbons (Fsp3) is 0.0909. The maximum absolute atomic E-state index is 12.1. The molecule has 2 aliphatic rings. The number of hydrogen-bond acceptors (Lipinski definition) is 6. The van der Waals surface area contributed by atoms with E-state index in [0.29, 0.717) is 11.1 Å². The first-order valence-electron chi connectivity index (χ1n) is 13.1. The van der Waals surface area contributed by atoms with Crippen LogP contribution in [0.5, 0.6) is 0 Å². The van der Waals surface area contributed by atoms with Crippen molar-refractivity contribution in [2.24, 2.45) is 0 Å². The van der Waals surface area contributed by atoms with E-state index < -0.39 is 0 Å². The molecule has 0 saturated carbocycles. The number of carbonyl (C=O) groups is 2. The molecule has 206 valence electrons. The van der Waals surface area contributed by atoms with Gasteiger partial charge in [-0.15, -0.1) is 0 Å². The van der Waals surface area contributed by atoms with E-state index in [4.69, 9.17) is 10.2 Å². The Morgan fingerprint density at radius 2 is 1.20 bits per heavy atom. The van der Waals surface area contributed by atoms with Crippen LogP contribution in [0.4, 0.5) is 22.7 Å². The molecule has 6 N–H and O–H groups in total. The van der Waals surface area contributed by atoms with Crippen molar-refractivity contribution in [2.45, 2.75) is 20.1 Å². The van der Waals surface area contributed by atoms with Gasteiger partial charge in [-0.1, -0.05) is 54.6 Å². The molecule has 41 heavy (non-hydrogen) atoms. The maximum atomic E-state index is 12.1. The number of carbonyl (C=O) groups excluding carboxylic acids is 2. The summed E-state index contributed by atoms with van der Waals surface area (Å²) in [7, 11) is 0. The molecule has 4 aromatic carbocycles. The molecule has 2 amide bonds. The van der Waals surface area contributed by atoms with Crippen molar-refractivity contribution in [3.8, 4) is 0 Å². The number of nitrogens with one attached hydrogen (secondary N) is 4. The summed E-state index contributed by atoms with van der Waals surface area (Å²) >= 11 is 0. The highest BCUT2D eigenvalue weighted by molar-refractivity contribution is 6.32. The Morgan fingerprint density at radius 1 is 0.659 bits per heavy atom. The van der Waals surface area contributed by atoms with Crippen molar-refractivity contribution in [1.82, 2.24) is 0 Å². The number of rotatable bonds is 6. The molecule has 8 heteroatoms. The fourth-order valence-electron chi connectivity index (χ4n) is 4.68. The molecule has 0 bridgehead atoms. The third-order valence-corrected chi connectivity index (χ3v) is 6.73. The number of aliphatic hydroxyl groups excluding tert-OH is 2. The van der Waals surface area contributed by atoms with Crippen molar-refractivity contribution in [1.29, 1.82) is 0 Å². The van der Waals surface area contributed by atoms with E-state index in [1.807, 2.05) is 97.9 Å². The van der Waals surface area contributed by atoms with Crippen LogP contribution in [-0.4, -0.2) is 22.0 Å². The van der Waals surface area contributed by atoms with Gasteiger partial charge in [0.2, 0.25) is 0 Å². The quantitative estimate of drug-likeness (QED) is 0.178. The molecule has 2 heterocycles. The lowest BCUT2D eigenvalue weighted by molar-refractivity contribution is -0.111. The highest BCUT2D eigenvalue weighted by atomic mass is 16.3. The molecule has 0 radical (unpaired) electrons. The summed E-state index contributed by atoms with van der Waals surface area (Å²) < 4.78 is 0. The number of aryl methyl sites for hydroxylation is 1. The van der Waals surface area contributed by atoms with E-state index in [9.17, 15) is 9.59 Å². The van der Waals surface area contributed by atoms with E-state index in [2.05, 4.69) is 21.3 Å². The van der Waals surface area contributed by atoms with E-state index in [-0.39, 0.29) is 25.0 Å². The molecule has 0 fully saturated rings. The second-order valence-corrected chi connectivity index (χ2v) is 9.57. The summed E-state index contributed by atoms with van der Waals surface area (Å²) in [6, 6.07) is 28.3. The standard InChI is InChI=1S/C17H16N2O2.C16H14N2O2/c1-11-4-2-7-15-16(11)14(17(21)19-15)9-18-13-6-3-5-12(8-13)10-20;19-10-11-4-3-5-12(8-11)17-9-14-13-6-1-2-7-15(13)18-16(14)20/h2-9,18,20H,10H2,1H3,(H,19,21);1-9,17,19H,10H2,(H,18,20). The highest BCUT2D eigenvalue weighted by Crippen LogP contribution is 2.34. The molecule has 2 aliphatic heterocycles. The van der Waals surface area contributed by atoms with Crippen LogP contribution in [0.25, 0.3) is 11.1 Å². The molecule has 0 atom stereocenters. The second kappa shape index (κ2) is 12.3. The van der Waals surface area contributed by atoms with Gasteiger partial charge >= 0.3 is 0 Å². The lowest BCUT2D eigenvalue weighted by Gasteiger charge is -2.06. The van der Waals surface area contributed by atoms with Crippen LogP contribution in [0.3, 0.4) is 0 Å². The molecular weight excluding hydrogens is 516 g/mol. The number of anilines is 4. The summed E-state index contributed by atoms with van der Waals surface area (Å²) in [6.45, 7) is 1.98. The van der Waals surface area contributed by atoms with Crippen molar-refractivity contribution in [3.63, 3.8) is 0 Å². The number of benzene rings is 4. The maximum Gasteiger partial charge on any atom is 0.257 e. The predicted octanol–water partition coefficient (Wildman–Crippen LogP) is 5.48. The highest BCUT2D eigenvalue weighted by Gasteiger charge is 2.25. The molecule has 0 spiro atoms. The van der Waals surface area contributed by atoms with Gasteiger partial charge in [-0.25, -0.2) is 0 Å². The van der Waals surface area contributed by atoms with Gasteiger partial charge < -0.3 is 31.5 Å². The van der Waals surface area contributed by atoms with Crippen molar-refractivity contribution in [2.75, 3.05) is 21.3 Å². The van der Waals surface area contributed by atoms with Crippen LogP contribution in [0, 0.1) is 6.92 Å². The summed E-state index contributed by atoms with van der Waals surface area (Å²) in [4.78, 5) is 24.0. The zero-order valence-electron chi connectivity index (χ0n) is 22.4. The van der Waals surface area contributed by atoms with Gasteiger partial charge in [0.05, 0.1) is 24.4 Å². The number of fused-ring (bicyclic) bond motifs is 2. The molecule has 6 rings (SSSR count). The van der Waals surface area contributed by atoms with E-state index in [0.717, 1.165) is 50.6 Å². The van der Waals surface area contributed by atoms with Crippen molar-refractivity contribution >= 4 is 45.7 Å². The van der Waals surface area contributed by atoms with E-state index in [1.54, 1.807) is 12.4 Å². The van der Waals surface area contributed by atoms with Crippen LogP contribution in [-0.2, 0) is 22.8 Å². The number of amides is 2. The minimum absolute atomic E-state index is 0.00455. The predicted molar refractivity (Wildman–Crippen MR) is 163 cm³/mol. The first-order chi connectivity index (χ1) is 20.0. The van der Waals surface area contributed by atoms with E-state index in [1.165, 1.54) is 0 Å². The molecule has 4 aromatic rings.